The fraction of sp³-hybridized carbons (Fsp3) is 0.333. The third-order valence-corrected chi connectivity index (χ3v) is 7.63. The summed E-state index contributed by atoms with van der Waals surface area (Å²) < 4.78 is 31.6. The van der Waals surface area contributed by atoms with Gasteiger partial charge in [-0.1, -0.05) is 0 Å². The van der Waals surface area contributed by atoms with Gasteiger partial charge in [-0.3, -0.25) is 0 Å². The first kappa shape index (κ1) is 24.4. The van der Waals surface area contributed by atoms with E-state index in [1.54, 1.807) is 37.5 Å². The Morgan fingerprint density at radius 2 is 1.80 bits per heavy atom. The molecule has 1 saturated heterocycles. The van der Waals surface area contributed by atoms with Crippen LogP contribution in [0.2, 0.25) is 0 Å². The molecule has 0 aliphatic carbocycles. The van der Waals surface area contributed by atoms with Gasteiger partial charge in [-0.25, -0.2) is 18.4 Å². The van der Waals surface area contributed by atoms with Crippen molar-refractivity contribution in [2.24, 2.45) is 0 Å². The van der Waals surface area contributed by atoms with Crippen molar-refractivity contribution in [3.05, 3.63) is 59.4 Å². The number of aryl methyl sites for hydroxylation is 2. The van der Waals surface area contributed by atoms with Crippen molar-refractivity contribution in [3.63, 3.8) is 0 Å². The van der Waals surface area contributed by atoms with Crippen molar-refractivity contribution in [1.29, 1.82) is 5.26 Å². The van der Waals surface area contributed by atoms with E-state index in [1.165, 1.54) is 4.31 Å². The molecule has 0 atom stereocenters. The summed E-state index contributed by atoms with van der Waals surface area (Å²) in [5.74, 6) is 2.30. The molecule has 1 N–H and O–H groups in total. The minimum Gasteiger partial charge on any atom is -0.438 e. The number of piperazine rings is 1. The normalized spacial score (nSPS) is 14.4. The molecule has 182 valence electrons. The maximum absolute atomic E-state index is 12.1. The van der Waals surface area contributed by atoms with Gasteiger partial charge in [0.05, 0.1) is 29.3 Å². The molecule has 10 nitrogen and oxygen atoms in total. The quantitative estimate of drug-likeness (QED) is 0.527. The van der Waals surface area contributed by atoms with Gasteiger partial charge < -0.3 is 15.0 Å². The van der Waals surface area contributed by atoms with Crippen LogP contribution in [-0.2, 0) is 10.0 Å². The van der Waals surface area contributed by atoms with E-state index in [1.807, 2.05) is 26.0 Å². The van der Waals surface area contributed by atoms with Crippen LogP contribution in [0.4, 0.5) is 17.5 Å². The van der Waals surface area contributed by atoms with E-state index in [9.17, 15) is 8.42 Å². The van der Waals surface area contributed by atoms with Crippen LogP contribution >= 0.6 is 0 Å². The zero-order chi connectivity index (χ0) is 25.0. The number of nitriles is 1. The van der Waals surface area contributed by atoms with Crippen molar-refractivity contribution >= 4 is 27.5 Å². The number of sulfonamides is 1. The van der Waals surface area contributed by atoms with E-state index in [0.717, 1.165) is 16.9 Å². The summed E-state index contributed by atoms with van der Waals surface area (Å²) in [6.45, 7) is 7.53. The Morgan fingerprint density at radius 1 is 1.09 bits per heavy atom. The molecule has 2 aromatic heterocycles. The number of anilines is 3. The topological polar surface area (TPSA) is 124 Å². The Kier molecular flexibility index (Phi) is 7.14. The highest BCUT2D eigenvalue weighted by Crippen LogP contribution is 2.29. The number of hydrogen-bond donors (Lipinski definition) is 1. The van der Waals surface area contributed by atoms with Crippen molar-refractivity contribution in [1.82, 2.24) is 19.3 Å². The number of hydrogen-bond acceptors (Lipinski definition) is 9. The molecule has 11 heteroatoms. The molecule has 35 heavy (non-hydrogen) atoms. The van der Waals surface area contributed by atoms with E-state index < -0.39 is 10.0 Å². The van der Waals surface area contributed by atoms with E-state index in [2.05, 4.69) is 31.2 Å². The van der Waals surface area contributed by atoms with Gasteiger partial charge in [0.1, 0.15) is 11.6 Å². The van der Waals surface area contributed by atoms with Crippen LogP contribution in [-0.4, -0.2) is 59.6 Å². The zero-order valence-electron chi connectivity index (χ0n) is 19.9. The Morgan fingerprint density at radius 3 is 2.40 bits per heavy atom. The lowest BCUT2D eigenvalue weighted by Gasteiger charge is -2.34. The van der Waals surface area contributed by atoms with Crippen molar-refractivity contribution in [3.8, 4) is 17.7 Å². The Balaban J connectivity index is 1.40. The maximum atomic E-state index is 12.1. The lowest BCUT2D eigenvalue weighted by atomic mass is 10.1. The van der Waals surface area contributed by atoms with E-state index in [4.69, 9.17) is 10.00 Å². The van der Waals surface area contributed by atoms with Crippen LogP contribution in [0.25, 0.3) is 0 Å². The Hall–Kier alpha value is -3.75. The van der Waals surface area contributed by atoms with Gasteiger partial charge in [0.15, 0.2) is 0 Å². The minimum absolute atomic E-state index is 0.118. The summed E-state index contributed by atoms with van der Waals surface area (Å²) in [5.41, 5.74) is 3.00. The molecule has 0 amide bonds. The standard InChI is InChI=1S/C24H27N7O3S/c1-4-35(32,33)31-11-9-30(10-12-31)21-6-5-20(16-27-21)28-24-26-8-7-22(29-24)34-23-17(2)13-19(15-25)14-18(23)3/h5-8,13-14,16H,4,9-12H2,1-3H3,(H,26,28,29). The Labute approximate surface area is 205 Å². The number of nitrogens with one attached hydrogen (secondary N) is 1. The highest BCUT2D eigenvalue weighted by Gasteiger charge is 2.25. The molecule has 0 saturated carbocycles. The molecule has 0 bridgehead atoms. The average Bonchev–Trinajstić information content (AvgIpc) is 2.87. The monoisotopic (exact) mass is 493 g/mol. The molecule has 0 spiro atoms. The molecule has 3 heterocycles. The van der Waals surface area contributed by atoms with Crippen molar-refractivity contribution in [2.75, 3.05) is 42.1 Å². The second-order valence-corrected chi connectivity index (χ2v) is 10.4. The molecular weight excluding hydrogens is 466 g/mol. The summed E-state index contributed by atoms with van der Waals surface area (Å²) in [7, 11) is -3.16. The van der Waals surface area contributed by atoms with E-state index >= 15 is 0 Å². The van der Waals surface area contributed by atoms with Gasteiger partial charge in [0.2, 0.25) is 21.9 Å². The SMILES string of the molecule is CCS(=O)(=O)N1CCN(c2ccc(Nc3nccc(Oc4c(C)cc(C#N)cc4C)n3)cn2)CC1. The predicted molar refractivity (Wildman–Crippen MR) is 134 cm³/mol. The van der Waals surface area contributed by atoms with Crippen LogP contribution in [0.15, 0.2) is 42.7 Å². The maximum Gasteiger partial charge on any atom is 0.230 e. The molecule has 1 aromatic carbocycles. The smallest absolute Gasteiger partial charge is 0.230 e. The largest absolute Gasteiger partial charge is 0.438 e. The zero-order valence-corrected chi connectivity index (χ0v) is 20.7. The fourth-order valence-electron chi connectivity index (χ4n) is 3.89. The van der Waals surface area contributed by atoms with Gasteiger partial charge in [-0.05, 0) is 56.2 Å². The highest BCUT2D eigenvalue weighted by atomic mass is 32.2. The molecule has 4 rings (SSSR count). The lowest BCUT2D eigenvalue weighted by molar-refractivity contribution is 0.384. The number of rotatable bonds is 7. The molecule has 3 aromatic rings. The van der Waals surface area contributed by atoms with Crippen LogP contribution in [0.3, 0.4) is 0 Å². The van der Waals surface area contributed by atoms with Crippen LogP contribution in [0.5, 0.6) is 11.6 Å². The van der Waals surface area contributed by atoms with Crippen LogP contribution < -0.4 is 15.0 Å². The van der Waals surface area contributed by atoms with Crippen LogP contribution in [0, 0.1) is 25.2 Å². The van der Waals surface area contributed by atoms with Gasteiger partial charge in [-0.15, -0.1) is 0 Å². The molecule has 0 unspecified atom stereocenters. The van der Waals surface area contributed by atoms with Gasteiger partial charge >= 0.3 is 0 Å². The summed E-state index contributed by atoms with van der Waals surface area (Å²) in [4.78, 5) is 15.3. The minimum atomic E-state index is -3.16. The van der Waals surface area contributed by atoms with E-state index in [0.29, 0.717) is 55.0 Å². The van der Waals surface area contributed by atoms with E-state index in [-0.39, 0.29) is 5.75 Å². The number of pyridine rings is 1. The van der Waals surface area contributed by atoms with Crippen LogP contribution in [0.1, 0.15) is 23.6 Å². The van der Waals surface area contributed by atoms with Gasteiger partial charge in [0.25, 0.3) is 0 Å². The summed E-state index contributed by atoms with van der Waals surface area (Å²) >= 11 is 0. The summed E-state index contributed by atoms with van der Waals surface area (Å²) in [5, 5.41) is 12.3. The number of ether oxygens (including phenoxy) is 1. The first-order chi connectivity index (χ1) is 16.8. The first-order valence-corrected chi connectivity index (χ1v) is 12.9. The number of benzene rings is 1. The Bertz CT molecular complexity index is 1320. The molecule has 1 aliphatic rings. The van der Waals surface area contributed by atoms with Gasteiger partial charge in [0, 0.05) is 38.4 Å². The second kappa shape index (κ2) is 10.2. The molecular formula is C24H27N7O3S. The predicted octanol–water partition coefficient (Wildman–Crippen LogP) is 3.37. The number of aromatic nitrogens is 3. The van der Waals surface area contributed by atoms with Gasteiger partial charge in [-0.2, -0.15) is 14.6 Å². The molecule has 0 radical (unpaired) electrons. The molecule has 1 fully saturated rings. The van der Waals surface area contributed by atoms with Crippen molar-refractivity contribution in [2.45, 2.75) is 20.8 Å². The molecule has 1 aliphatic heterocycles. The summed E-state index contributed by atoms with van der Waals surface area (Å²) in [6.07, 6.45) is 3.29. The first-order valence-electron chi connectivity index (χ1n) is 11.3. The summed E-state index contributed by atoms with van der Waals surface area (Å²) in [6, 6.07) is 11.1. The fourth-order valence-corrected chi connectivity index (χ4v) is 4.98. The highest BCUT2D eigenvalue weighted by molar-refractivity contribution is 7.89. The number of nitrogens with zero attached hydrogens (tertiary/aromatic N) is 6. The average molecular weight is 494 g/mol. The van der Waals surface area contributed by atoms with Crippen molar-refractivity contribution < 1.29 is 13.2 Å². The second-order valence-electron chi connectivity index (χ2n) is 8.19. The third kappa shape index (κ3) is 5.67. The third-order valence-electron chi connectivity index (χ3n) is 5.75. The lowest BCUT2D eigenvalue weighted by Crippen LogP contribution is -2.49.